The van der Waals surface area contributed by atoms with Gasteiger partial charge >= 0.3 is 12.1 Å². The van der Waals surface area contributed by atoms with Gasteiger partial charge in [-0.05, 0) is 61.1 Å². The van der Waals surface area contributed by atoms with Crippen LogP contribution in [0.5, 0.6) is 5.75 Å². The first kappa shape index (κ1) is 26.2. The molecule has 3 heterocycles. The van der Waals surface area contributed by atoms with Crippen LogP contribution >= 0.6 is 0 Å². The molecule has 1 atom stereocenters. The summed E-state index contributed by atoms with van der Waals surface area (Å²) >= 11 is 0. The highest BCUT2D eigenvalue weighted by Crippen LogP contribution is 2.33. The smallest absolute Gasteiger partial charge is 0.425 e. The topological polar surface area (TPSA) is 85.7 Å². The fourth-order valence-corrected chi connectivity index (χ4v) is 6.31. The molecule has 1 N–H and O–H groups in total. The lowest BCUT2D eigenvalue weighted by molar-refractivity contribution is -0.875. The van der Waals surface area contributed by atoms with Gasteiger partial charge < -0.3 is 9.64 Å². The number of likely N-dealkylation sites (tertiary alicyclic amines) is 3. The Balaban J connectivity index is 1.13. The van der Waals surface area contributed by atoms with Gasteiger partial charge in [0.2, 0.25) is 0 Å². The highest BCUT2D eigenvalue weighted by atomic mass is 16.5. The van der Waals surface area contributed by atoms with E-state index in [0.717, 1.165) is 101 Å². The molecule has 2 aromatic carbocycles. The van der Waals surface area contributed by atoms with Gasteiger partial charge in [0, 0.05) is 45.4 Å². The van der Waals surface area contributed by atoms with Gasteiger partial charge in [-0.25, -0.2) is 19.4 Å². The van der Waals surface area contributed by atoms with Gasteiger partial charge in [0.1, 0.15) is 5.75 Å². The van der Waals surface area contributed by atoms with Crippen LogP contribution in [0.25, 0.3) is 11.1 Å². The van der Waals surface area contributed by atoms with Gasteiger partial charge in [0.05, 0.1) is 31.3 Å². The van der Waals surface area contributed by atoms with E-state index in [4.69, 9.17) is 10.00 Å². The summed E-state index contributed by atoms with van der Waals surface area (Å²) in [6, 6.07) is 17.4. The van der Waals surface area contributed by atoms with E-state index < -0.39 is 0 Å². The summed E-state index contributed by atoms with van der Waals surface area (Å²) in [5.74, 6) is 0.836. The summed E-state index contributed by atoms with van der Waals surface area (Å²) in [4.78, 5) is 30.4. The largest absolute Gasteiger partial charge is 0.494 e. The number of nitrogens with zero attached hydrogens (tertiary/aromatic N) is 4. The zero-order valence-corrected chi connectivity index (χ0v) is 22.1. The van der Waals surface area contributed by atoms with E-state index in [0.29, 0.717) is 16.7 Å². The summed E-state index contributed by atoms with van der Waals surface area (Å²) in [5, 5.41) is 11.7. The van der Waals surface area contributed by atoms with Crippen LogP contribution in [-0.4, -0.2) is 78.4 Å². The highest BCUT2D eigenvalue weighted by molar-refractivity contribution is 5.90. The maximum Gasteiger partial charge on any atom is 0.425 e. The number of carbonyl (C=O) groups excluding carboxylic acids is 2. The van der Waals surface area contributed by atoms with Gasteiger partial charge in [0.15, 0.2) is 6.17 Å². The molecule has 8 nitrogen and oxygen atoms in total. The van der Waals surface area contributed by atoms with Crippen LogP contribution in [0.2, 0.25) is 0 Å². The predicted molar refractivity (Wildman–Crippen MR) is 145 cm³/mol. The maximum absolute atomic E-state index is 13.5. The van der Waals surface area contributed by atoms with E-state index in [-0.39, 0.29) is 18.2 Å². The van der Waals surface area contributed by atoms with Crippen LogP contribution in [0, 0.1) is 11.3 Å². The Hall–Kier alpha value is -3.41. The molecule has 5 rings (SSSR count). The summed E-state index contributed by atoms with van der Waals surface area (Å²) in [6.45, 7) is 5.57. The van der Waals surface area contributed by atoms with Crippen molar-refractivity contribution in [1.29, 1.82) is 5.26 Å². The molecule has 0 saturated carbocycles. The minimum Gasteiger partial charge on any atom is -0.494 e. The zero-order valence-electron chi connectivity index (χ0n) is 22.1. The average molecular weight is 517 g/mol. The van der Waals surface area contributed by atoms with Gasteiger partial charge in [-0.15, -0.1) is 0 Å². The summed E-state index contributed by atoms with van der Waals surface area (Å²) in [6.07, 6.45) is 7.16. The van der Waals surface area contributed by atoms with Crippen LogP contribution in [0.1, 0.15) is 50.5 Å². The lowest BCUT2D eigenvalue weighted by Crippen LogP contribution is -2.66. The number of imide groups is 1. The monoisotopic (exact) mass is 516 g/mol. The Morgan fingerprint density at radius 3 is 2.24 bits per heavy atom. The number of carbonyl (C=O) groups is 2. The molecule has 0 aliphatic carbocycles. The third-order valence-corrected chi connectivity index (χ3v) is 8.34. The van der Waals surface area contributed by atoms with Crippen LogP contribution in [0.3, 0.4) is 0 Å². The number of hydrogen-bond acceptors (Lipinski definition) is 5. The van der Waals surface area contributed by atoms with Crippen molar-refractivity contribution < 1.29 is 18.8 Å². The average Bonchev–Trinajstić information content (AvgIpc) is 3.74. The Morgan fingerprint density at radius 1 is 0.921 bits per heavy atom. The third kappa shape index (κ3) is 5.69. The van der Waals surface area contributed by atoms with Crippen LogP contribution < -0.4 is 10.1 Å². The van der Waals surface area contributed by atoms with Crippen molar-refractivity contribution in [2.24, 2.45) is 0 Å². The number of hydrogen-bond donors (Lipinski definition) is 1. The summed E-state index contributed by atoms with van der Waals surface area (Å²) in [7, 11) is 0. The van der Waals surface area contributed by atoms with E-state index in [1.165, 1.54) is 0 Å². The Bertz CT molecular complexity index is 1150. The van der Waals surface area contributed by atoms with Crippen molar-refractivity contribution in [3.8, 4) is 22.9 Å². The van der Waals surface area contributed by atoms with Crippen molar-refractivity contribution in [2.75, 3.05) is 45.9 Å². The second-order valence-corrected chi connectivity index (χ2v) is 10.7. The number of amides is 4. The molecular formula is C30H38N5O3+. The molecule has 1 unspecified atom stereocenters. The van der Waals surface area contributed by atoms with Crippen molar-refractivity contribution >= 4 is 12.1 Å². The Labute approximate surface area is 225 Å². The van der Waals surface area contributed by atoms with E-state index in [1.807, 2.05) is 48.5 Å². The van der Waals surface area contributed by atoms with E-state index >= 15 is 0 Å². The molecule has 0 bridgehead atoms. The van der Waals surface area contributed by atoms with Crippen LogP contribution in [-0.2, 0) is 0 Å². The first-order valence-corrected chi connectivity index (χ1v) is 14.0. The normalized spacial score (nSPS) is 20.8. The molecule has 3 saturated heterocycles. The molecule has 0 radical (unpaired) electrons. The minimum atomic E-state index is -0.222. The number of nitrogens with one attached hydrogen (secondary N) is 1. The second kappa shape index (κ2) is 12.0. The molecule has 0 aromatic heterocycles. The van der Waals surface area contributed by atoms with Crippen molar-refractivity contribution in [1.82, 2.24) is 15.1 Å². The SMILES string of the molecule is N#Cc1ccc(-c2ccc(OCCCN3CCCC3[N+]3(C(=O)NC(=O)N4CCCC4)CCCC3)cc2)cc1. The van der Waals surface area contributed by atoms with Gasteiger partial charge in [-0.3, -0.25) is 4.90 Å². The lowest BCUT2D eigenvalue weighted by atomic mass is 10.0. The third-order valence-electron chi connectivity index (χ3n) is 8.34. The molecule has 38 heavy (non-hydrogen) atoms. The number of nitriles is 1. The molecule has 3 aliphatic heterocycles. The summed E-state index contributed by atoms with van der Waals surface area (Å²) in [5.41, 5.74) is 2.81. The quantitative estimate of drug-likeness (QED) is 0.416. The molecule has 2 aromatic rings. The summed E-state index contributed by atoms with van der Waals surface area (Å²) < 4.78 is 6.40. The standard InChI is InChI=1S/C30H37N5O3/c31-23-24-8-10-25(11-9-24)26-12-14-27(15-13-26)38-22-6-19-33-18-5-7-28(33)35(20-3-4-21-35)30(37)32-29(36)34-16-1-2-17-34/h8-15,28H,1-7,16-22H2/p+1. The van der Waals surface area contributed by atoms with Crippen LogP contribution in [0.4, 0.5) is 9.59 Å². The Kier molecular flexibility index (Phi) is 8.26. The van der Waals surface area contributed by atoms with Crippen LogP contribution in [0.15, 0.2) is 48.5 Å². The van der Waals surface area contributed by atoms with E-state index in [1.54, 1.807) is 4.90 Å². The molecule has 3 aliphatic rings. The van der Waals surface area contributed by atoms with Gasteiger partial charge in [-0.2, -0.15) is 5.26 Å². The van der Waals surface area contributed by atoms with Crippen molar-refractivity contribution in [3.63, 3.8) is 0 Å². The van der Waals surface area contributed by atoms with Crippen molar-refractivity contribution in [2.45, 2.75) is 51.1 Å². The number of urea groups is 2. The second-order valence-electron chi connectivity index (χ2n) is 10.7. The maximum atomic E-state index is 13.5. The van der Waals surface area contributed by atoms with E-state index in [9.17, 15) is 9.59 Å². The minimum absolute atomic E-state index is 0.116. The molecule has 200 valence electrons. The predicted octanol–water partition coefficient (Wildman–Crippen LogP) is 4.95. The fraction of sp³-hybridized carbons (Fsp3) is 0.500. The molecule has 8 heteroatoms. The number of rotatable bonds is 7. The number of ether oxygens (including phenoxy) is 1. The van der Waals surface area contributed by atoms with Gasteiger partial charge in [0.25, 0.3) is 0 Å². The zero-order chi connectivity index (χ0) is 26.4. The Morgan fingerprint density at radius 2 is 1.58 bits per heavy atom. The first-order valence-electron chi connectivity index (χ1n) is 14.0. The fourth-order valence-electron chi connectivity index (χ4n) is 6.31. The molecule has 3 fully saturated rings. The highest BCUT2D eigenvalue weighted by Gasteiger charge is 2.51. The molecular weight excluding hydrogens is 478 g/mol. The number of quaternary nitrogens is 1. The van der Waals surface area contributed by atoms with Gasteiger partial charge in [-0.1, -0.05) is 24.3 Å². The van der Waals surface area contributed by atoms with Crippen molar-refractivity contribution in [3.05, 3.63) is 54.1 Å². The lowest BCUT2D eigenvalue weighted by Gasteiger charge is -2.40. The number of benzene rings is 2. The first-order chi connectivity index (χ1) is 18.6. The molecule has 4 amide bonds. The molecule has 0 spiro atoms. The van der Waals surface area contributed by atoms with E-state index in [2.05, 4.69) is 16.3 Å².